The number of aromatic amines is 1. The molecule has 0 radical (unpaired) electrons. The number of carbonyl (C=O) groups excluding carboxylic acids is 2. The van der Waals surface area contributed by atoms with Gasteiger partial charge in [-0.25, -0.2) is 0 Å². The molecule has 1 heterocycles. The normalized spacial score (nSPS) is 14.4. The van der Waals surface area contributed by atoms with Gasteiger partial charge in [-0.15, -0.1) is 0 Å². The molecule has 0 amide bonds. The van der Waals surface area contributed by atoms with Crippen LogP contribution in [0.4, 0.5) is 0 Å². The summed E-state index contributed by atoms with van der Waals surface area (Å²) in [4.78, 5) is 28.4. The smallest absolute Gasteiger partial charge is 0.306 e. The second-order valence-corrected chi connectivity index (χ2v) is 7.56. The summed E-state index contributed by atoms with van der Waals surface area (Å²) in [5, 5.41) is 0.855. The molecule has 1 fully saturated rings. The highest BCUT2D eigenvalue weighted by atomic mass is 16.5. The number of ether oxygens (including phenoxy) is 1. The van der Waals surface area contributed by atoms with E-state index in [0.29, 0.717) is 17.9 Å². The maximum atomic E-state index is 13.0. The van der Waals surface area contributed by atoms with Gasteiger partial charge in [-0.05, 0) is 24.0 Å². The summed E-state index contributed by atoms with van der Waals surface area (Å²) >= 11 is 0. The largest absolute Gasteiger partial charge is 0.457 e. The van der Waals surface area contributed by atoms with Gasteiger partial charge in [-0.2, -0.15) is 0 Å². The molecular weight excluding hydrogens is 350 g/mol. The third kappa shape index (κ3) is 4.01. The maximum absolute atomic E-state index is 13.0. The summed E-state index contributed by atoms with van der Waals surface area (Å²) in [5.74, 6) is 0.188. The van der Waals surface area contributed by atoms with E-state index in [2.05, 4.69) is 4.98 Å². The lowest BCUT2D eigenvalue weighted by Gasteiger charge is -2.09. The van der Waals surface area contributed by atoms with Crippen LogP contribution in [0, 0.1) is 5.92 Å². The van der Waals surface area contributed by atoms with E-state index in [1.165, 1.54) is 25.7 Å². The molecule has 1 aliphatic carbocycles. The predicted octanol–water partition coefficient (Wildman–Crippen LogP) is 5.53. The van der Waals surface area contributed by atoms with E-state index in [0.717, 1.165) is 28.6 Å². The second kappa shape index (κ2) is 8.42. The van der Waals surface area contributed by atoms with E-state index >= 15 is 0 Å². The number of benzene rings is 2. The molecule has 0 spiro atoms. The van der Waals surface area contributed by atoms with Crippen molar-refractivity contribution in [3.63, 3.8) is 0 Å². The lowest BCUT2D eigenvalue weighted by molar-refractivity contribution is -0.142. The predicted molar refractivity (Wildman–Crippen MR) is 110 cm³/mol. The molecule has 0 bridgehead atoms. The number of hydrogen-bond donors (Lipinski definition) is 1. The molecule has 0 atom stereocenters. The lowest BCUT2D eigenvalue weighted by Crippen LogP contribution is -2.15. The van der Waals surface area contributed by atoms with Crippen LogP contribution in [0.1, 0.15) is 48.9 Å². The molecule has 1 N–H and O–H groups in total. The average molecular weight is 375 g/mol. The molecule has 2 aromatic carbocycles. The third-order valence-electron chi connectivity index (χ3n) is 5.64. The SMILES string of the molecule is O=C(CCC1CCCC1)OCC(=O)c1c(-c2ccccc2)[nH]c2ccccc12. The number of fused-ring (bicyclic) bond motifs is 1. The number of ketones is 1. The number of para-hydroxylation sites is 1. The fraction of sp³-hybridized carbons (Fsp3) is 0.333. The zero-order valence-electron chi connectivity index (χ0n) is 15.9. The Morgan fingerprint density at radius 1 is 0.964 bits per heavy atom. The van der Waals surface area contributed by atoms with Gasteiger partial charge in [0.15, 0.2) is 6.61 Å². The number of rotatable bonds is 7. The van der Waals surface area contributed by atoms with Crippen LogP contribution in [0.5, 0.6) is 0 Å². The van der Waals surface area contributed by atoms with Gasteiger partial charge in [0, 0.05) is 17.3 Å². The molecule has 3 aromatic rings. The number of nitrogens with one attached hydrogen (secondary N) is 1. The van der Waals surface area contributed by atoms with Crippen molar-refractivity contribution < 1.29 is 14.3 Å². The molecule has 1 saturated carbocycles. The van der Waals surface area contributed by atoms with Gasteiger partial charge in [0.25, 0.3) is 0 Å². The molecule has 0 aliphatic heterocycles. The van der Waals surface area contributed by atoms with Crippen molar-refractivity contribution >= 4 is 22.7 Å². The summed E-state index contributed by atoms with van der Waals surface area (Å²) in [6, 6.07) is 17.5. The molecular formula is C24H25NO3. The molecule has 0 saturated heterocycles. The first-order chi connectivity index (χ1) is 13.7. The van der Waals surface area contributed by atoms with Gasteiger partial charge < -0.3 is 9.72 Å². The molecule has 4 heteroatoms. The van der Waals surface area contributed by atoms with Gasteiger partial charge >= 0.3 is 5.97 Å². The van der Waals surface area contributed by atoms with Crippen LogP contribution in [0.15, 0.2) is 54.6 Å². The van der Waals surface area contributed by atoms with Gasteiger partial charge in [-0.3, -0.25) is 9.59 Å². The monoisotopic (exact) mass is 375 g/mol. The van der Waals surface area contributed by atoms with Crippen molar-refractivity contribution in [3.8, 4) is 11.3 Å². The summed E-state index contributed by atoms with van der Waals surface area (Å²) in [6.07, 6.45) is 6.22. The minimum atomic E-state index is -0.277. The molecule has 28 heavy (non-hydrogen) atoms. The number of hydrogen-bond acceptors (Lipinski definition) is 3. The van der Waals surface area contributed by atoms with E-state index in [9.17, 15) is 9.59 Å². The van der Waals surface area contributed by atoms with Gasteiger partial charge in [0.1, 0.15) is 0 Å². The summed E-state index contributed by atoms with van der Waals surface area (Å²) in [6.45, 7) is -0.217. The third-order valence-corrected chi connectivity index (χ3v) is 5.64. The Morgan fingerprint density at radius 3 is 2.46 bits per heavy atom. The van der Waals surface area contributed by atoms with Crippen LogP contribution < -0.4 is 0 Å². The number of aromatic nitrogens is 1. The number of esters is 1. The first-order valence-electron chi connectivity index (χ1n) is 10.1. The van der Waals surface area contributed by atoms with E-state index in [4.69, 9.17) is 4.74 Å². The van der Waals surface area contributed by atoms with E-state index < -0.39 is 0 Å². The first-order valence-corrected chi connectivity index (χ1v) is 10.1. The minimum Gasteiger partial charge on any atom is -0.457 e. The second-order valence-electron chi connectivity index (χ2n) is 7.56. The molecule has 0 unspecified atom stereocenters. The van der Waals surface area contributed by atoms with Crippen molar-refractivity contribution in [2.75, 3.05) is 6.61 Å². The maximum Gasteiger partial charge on any atom is 0.306 e. The van der Waals surface area contributed by atoms with Crippen molar-refractivity contribution in [1.29, 1.82) is 0 Å². The van der Waals surface area contributed by atoms with Crippen molar-refractivity contribution in [2.45, 2.75) is 38.5 Å². The molecule has 4 rings (SSSR count). The van der Waals surface area contributed by atoms with Gasteiger partial charge in [0.2, 0.25) is 5.78 Å². The Labute approximate surface area is 164 Å². The van der Waals surface area contributed by atoms with Crippen LogP contribution in [-0.4, -0.2) is 23.3 Å². The zero-order valence-corrected chi connectivity index (χ0v) is 15.9. The van der Waals surface area contributed by atoms with E-state index in [1.54, 1.807) is 0 Å². The van der Waals surface area contributed by atoms with Crippen molar-refractivity contribution in [2.24, 2.45) is 5.92 Å². The molecule has 144 valence electrons. The fourth-order valence-corrected chi connectivity index (χ4v) is 4.16. The Kier molecular flexibility index (Phi) is 5.56. The number of H-pyrrole nitrogens is 1. The fourth-order valence-electron chi connectivity index (χ4n) is 4.16. The summed E-state index contributed by atoms with van der Waals surface area (Å²) in [5.41, 5.74) is 3.20. The Morgan fingerprint density at radius 2 is 1.68 bits per heavy atom. The summed E-state index contributed by atoms with van der Waals surface area (Å²) in [7, 11) is 0. The minimum absolute atomic E-state index is 0.175. The Bertz CT molecular complexity index is 968. The van der Waals surface area contributed by atoms with E-state index in [-0.39, 0.29) is 18.4 Å². The lowest BCUT2D eigenvalue weighted by atomic mass is 10.0. The standard InChI is InChI=1S/C24H25NO3/c26-21(16-28-22(27)15-14-17-8-4-5-9-17)23-19-12-6-7-13-20(19)25-24(23)18-10-2-1-3-11-18/h1-3,6-7,10-13,17,25H,4-5,8-9,14-16H2. The number of Topliss-reactive ketones (excluding diaryl/α,β-unsaturated/α-hetero) is 1. The van der Waals surface area contributed by atoms with Crippen LogP contribution >= 0.6 is 0 Å². The molecule has 1 aliphatic rings. The van der Waals surface area contributed by atoms with Crippen molar-refractivity contribution in [3.05, 3.63) is 60.2 Å². The summed E-state index contributed by atoms with van der Waals surface area (Å²) < 4.78 is 5.32. The zero-order chi connectivity index (χ0) is 19.3. The van der Waals surface area contributed by atoms with E-state index in [1.807, 2.05) is 54.6 Å². The van der Waals surface area contributed by atoms with Crippen LogP contribution in [0.3, 0.4) is 0 Å². The first kappa shape index (κ1) is 18.5. The van der Waals surface area contributed by atoms with Crippen LogP contribution in [-0.2, 0) is 9.53 Å². The van der Waals surface area contributed by atoms with Crippen molar-refractivity contribution in [1.82, 2.24) is 4.98 Å². The highest BCUT2D eigenvalue weighted by Gasteiger charge is 2.21. The highest BCUT2D eigenvalue weighted by molar-refractivity contribution is 6.14. The topological polar surface area (TPSA) is 59.2 Å². The van der Waals surface area contributed by atoms with Crippen LogP contribution in [0.25, 0.3) is 22.2 Å². The van der Waals surface area contributed by atoms with Crippen LogP contribution in [0.2, 0.25) is 0 Å². The van der Waals surface area contributed by atoms with Gasteiger partial charge in [0.05, 0.1) is 11.3 Å². The molecule has 1 aromatic heterocycles. The number of carbonyl (C=O) groups is 2. The highest BCUT2D eigenvalue weighted by Crippen LogP contribution is 2.31. The average Bonchev–Trinajstić information content (AvgIpc) is 3.38. The van der Waals surface area contributed by atoms with Gasteiger partial charge in [-0.1, -0.05) is 74.2 Å². The Hall–Kier alpha value is -2.88. The quantitative estimate of drug-likeness (QED) is 0.436. The Balaban J connectivity index is 1.49. The molecule has 4 nitrogen and oxygen atoms in total.